The first-order valence-corrected chi connectivity index (χ1v) is 11.2. The van der Waals surface area contributed by atoms with Crippen LogP contribution in [0.2, 0.25) is 0 Å². The van der Waals surface area contributed by atoms with Crippen molar-refractivity contribution in [2.45, 2.75) is 63.3 Å². The van der Waals surface area contributed by atoms with Gasteiger partial charge in [0.25, 0.3) is 10.0 Å². The van der Waals surface area contributed by atoms with Crippen LogP contribution < -0.4 is 10.0 Å². The number of carbonyl (C=O) groups excluding carboxylic acids is 1. The van der Waals surface area contributed by atoms with E-state index in [1.54, 1.807) is 31.2 Å². The predicted molar refractivity (Wildman–Crippen MR) is 112 cm³/mol. The number of rotatable bonds is 7. The highest BCUT2D eigenvalue weighted by atomic mass is 32.2. The Morgan fingerprint density at radius 2 is 1.75 bits per heavy atom. The molecule has 2 aromatic rings. The molecule has 150 valence electrons. The Kier molecular flexibility index (Phi) is 5.53. The van der Waals surface area contributed by atoms with E-state index in [4.69, 9.17) is 0 Å². The van der Waals surface area contributed by atoms with E-state index in [2.05, 4.69) is 10.0 Å². The number of anilines is 1. The van der Waals surface area contributed by atoms with Crippen LogP contribution in [0.4, 0.5) is 5.69 Å². The maximum Gasteiger partial charge on any atom is 0.262 e. The van der Waals surface area contributed by atoms with Crippen LogP contribution in [0.5, 0.6) is 0 Å². The predicted octanol–water partition coefficient (Wildman–Crippen LogP) is 4.05. The SMILES string of the molecule is CCC(C)NC(=O)C1(c2ccc(NS(=O)(=O)c3ccc(C)cc3C)cc2)CC1. The van der Waals surface area contributed by atoms with Crippen LogP contribution in [-0.2, 0) is 20.2 Å². The Balaban J connectivity index is 1.77. The summed E-state index contributed by atoms with van der Waals surface area (Å²) in [6, 6.07) is 12.6. The molecule has 0 bridgehead atoms. The minimum Gasteiger partial charge on any atom is -0.353 e. The average molecular weight is 401 g/mol. The van der Waals surface area contributed by atoms with Crippen molar-refractivity contribution >= 4 is 21.6 Å². The Morgan fingerprint density at radius 1 is 1.11 bits per heavy atom. The Labute approximate surface area is 167 Å². The van der Waals surface area contributed by atoms with Crippen LogP contribution in [0.1, 0.15) is 49.8 Å². The molecule has 0 radical (unpaired) electrons. The lowest BCUT2D eigenvalue weighted by atomic mass is 9.94. The summed E-state index contributed by atoms with van der Waals surface area (Å²) in [4.78, 5) is 12.9. The van der Waals surface area contributed by atoms with Crippen LogP contribution in [0.3, 0.4) is 0 Å². The van der Waals surface area contributed by atoms with Crippen LogP contribution in [0, 0.1) is 13.8 Å². The summed E-state index contributed by atoms with van der Waals surface area (Å²) in [6.07, 6.45) is 2.53. The van der Waals surface area contributed by atoms with E-state index in [0.29, 0.717) is 11.3 Å². The first-order chi connectivity index (χ1) is 13.2. The maximum atomic E-state index is 12.7. The highest BCUT2D eigenvalue weighted by Gasteiger charge is 2.51. The van der Waals surface area contributed by atoms with Crippen molar-refractivity contribution in [2.24, 2.45) is 0 Å². The van der Waals surface area contributed by atoms with Gasteiger partial charge in [0, 0.05) is 11.7 Å². The number of amides is 1. The fourth-order valence-corrected chi connectivity index (χ4v) is 4.69. The fraction of sp³-hybridized carbons (Fsp3) is 0.409. The molecule has 0 heterocycles. The second-order valence-corrected chi connectivity index (χ2v) is 9.47. The minimum absolute atomic E-state index is 0.0606. The summed E-state index contributed by atoms with van der Waals surface area (Å²) in [5, 5.41) is 3.07. The van der Waals surface area contributed by atoms with Gasteiger partial charge in [-0.3, -0.25) is 9.52 Å². The topological polar surface area (TPSA) is 75.3 Å². The molecule has 0 saturated heterocycles. The number of sulfonamides is 1. The van der Waals surface area contributed by atoms with E-state index in [9.17, 15) is 13.2 Å². The van der Waals surface area contributed by atoms with Crippen molar-refractivity contribution in [1.29, 1.82) is 0 Å². The van der Waals surface area contributed by atoms with E-state index in [1.807, 2.05) is 39.0 Å². The molecular weight excluding hydrogens is 372 g/mol. The number of nitrogens with one attached hydrogen (secondary N) is 2. The molecule has 0 aliphatic heterocycles. The summed E-state index contributed by atoms with van der Waals surface area (Å²) in [6.45, 7) is 7.76. The Hall–Kier alpha value is -2.34. The highest BCUT2D eigenvalue weighted by Crippen LogP contribution is 2.48. The van der Waals surface area contributed by atoms with Gasteiger partial charge >= 0.3 is 0 Å². The number of aryl methyl sites for hydroxylation is 2. The van der Waals surface area contributed by atoms with Crippen LogP contribution in [0.25, 0.3) is 0 Å². The molecule has 1 fully saturated rings. The van der Waals surface area contributed by atoms with Gasteiger partial charge in [-0.05, 0) is 69.4 Å². The van der Waals surface area contributed by atoms with Crippen LogP contribution in [-0.4, -0.2) is 20.4 Å². The van der Waals surface area contributed by atoms with Gasteiger partial charge in [-0.1, -0.05) is 36.8 Å². The summed E-state index contributed by atoms with van der Waals surface area (Å²) < 4.78 is 28.1. The molecule has 2 N–H and O–H groups in total. The zero-order valence-corrected chi connectivity index (χ0v) is 17.7. The van der Waals surface area contributed by atoms with Gasteiger partial charge in [0.2, 0.25) is 5.91 Å². The van der Waals surface area contributed by atoms with Crippen molar-refractivity contribution in [3.8, 4) is 0 Å². The molecule has 1 saturated carbocycles. The molecule has 1 unspecified atom stereocenters. The van der Waals surface area contributed by atoms with E-state index >= 15 is 0 Å². The van der Waals surface area contributed by atoms with Gasteiger partial charge < -0.3 is 5.32 Å². The second-order valence-electron chi connectivity index (χ2n) is 7.82. The third-order valence-electron chi connectivity index (χ3n) is 5.48. The van der Waals surface area contributed by atoms with Gasteiger partial charge in [-0.2, -0.15) is 0 Å². The van der Waals surface area contributed by atoms with Crippen molar-refractivity contribution < 1.29 is 13.2 Å². The van der Waals surface area contributed by atoms with E-state index in [-0.39, 0.29) is 16.8 Å². The lowest BCUT2D eigenvalue weighted by Gasteiger charge is -2.19. The third kappa shape index (κ3) is 4.07. The molecular formula is C22H28N2O3S. The monoisotopic (exact) mass is 400 g/mol. The molecule has 1 aliphatic rings. The fourth-order valence-electron chi connectivity index (χ4n) is 3.40. The zero-order valence-electron chi connectivity index (χ0n) is 16.9. The number of carbonyl (C=O) groups is 1. The summed E-state index contributed by atoms with van der Waals surface area (Å²) in [5.74, 6) is 0.0606. The standard InChI is InChI=1S/C22H28N2O3S/c1-5-17(4)23-21(25)22(12-13-22)18-7-9-19(10-8-18)24-28(26,27)20-11-6-15(2)14-16(20)3/h6-11,14,17,24H,5,12-13H2,1-4H3,(H,23,25). The van der Waals surface area contributed by atoms with Crippen LogP contribution >= 0.6 is 0 Å². The lowest BCUT2D eigenvalue weighted by molar-refractivity contribution is -0.124. The number of hydrogen-bond donors (Lipinski definition) is 2. The van der Waals surface area contributed by atoms with Gasteiger partial charge in [0.15, 0.2) is 0 Å². The number of hydrogen-bond acceptors (Lipinski definition) is 3. The molecule has 5 nitrogen and oxygen atoms in total. The van der Waals surface area contributed by atoms with E-state index < -0.39 is 15.4 Å². The molecule has 3 rings (SSSR count). The third-order valence-corrected chi connectivity index (χ3v) is 7.03. The molecule has 28 heavy (non-hydrogen) atoms. The largest absolute Gasteiger partial charge is 0.353 e. The highest BCUT2D eigenvalue weighted by molar-refractivity contribution is 7.92. The lowest BCUT2D eigenvalue weighted by Crippen LogP contribution is -2.39. The van der Waals surface area contributed by atoms with Gasteiger partial charge in [-0.15, -0.1) is 0 Å². The normalized spacial score (nSPS) is 16.3. The molecule has 6 heteroatoms. The maximum absolute atomic E-state index is 12.7. The quantitative estimate of drug-likeness (QED) is 0.736. The van der Waals surface area contributed by atoms with Crippen molar-refractivity contribution in [2.75, 3.05) is 4.72 Å². The zero-order chi connectivity index (χ0) is 20.5. The molecule has 1 aliphatic carbocycles. The van der Waals surface area contributed by atoms with Crippen LogP contribution in [0.15, 0.2) is 47.4 Å². The van der Waals surface area contributed by atoms with Gasteiger partial charge in [0.1, 0.15) is 0 Å². The first-order valence-electron chi connectivity index (χ1n) is 9.69. The van der Waals surface area contributed by atoms with Gasteiger partial charge in [-0.25, -0.2) is 8.42 Å². The molecule has 2 aromatic carbocycles. The Morgan fingerprint density at radius 3 is 2.29 bits per heavy atom. The second kappa shape index (κ2) is 7.59. The minimum atomic E-state index is -3.66. The average Bonchev–Trinajstić information content (AvgIpc) is 3.43. The van der Waals surface area contributed by atoms with E-state index in [1.165, 1.54) is 0 Å². The van der Waals surface area contributed by atoms with Gasteiger partial charge in [0.05, 0.1) is 10.3 Å². The van der Waals surface area contributed by atoms with Crippen molar-refractivity contribution in [3.63, 3.8) is 0 Å². The van der Waals surface area contributed by atoms with E-state index in [0.717, 1.165) is 30.4 Å². The van der Waals surface area contributed by atoms with Crippen molar-refractivity contribution in [1.82, 2.24) is 5.32 Å². The molecule has 0 aromatic heterocycles. The molecule has 0 spiro atoms. The Bertz CT molecular complexity index is 977. The molecule has 1 amide bonds. The first kappa shape index (κ1) is 20.4. The van der Waals surface area contributed by atoms with Crippen molar-refractivity contribution in [3.05, 3.63) is 59.2 Å². The smallest absolute Gasteiger partial charge is 0.262 e. The summed E-state index contributed by atoms with van der Waals surface area (Å²) in [7, 11) is -3.66. The summed E-state index contributed by atoms with van der Waals surface area (Å²) >= 11 is 0. The molecule has 1 atom stereocenters. The summed E-state index contributed by atoms with van der Waals surface area (Å²) in [5.41, 5.74) is 2.69. The number of benzene rings is 2.